The summed E-state index contributed by atoms with van der Waals surface area (Å²) in [6.45, 7) is 1.75. The molecule has 0 aliphatic carbocycles. The van der Waals surface area contributed by atoms with Crippen LogP contribution in [0.5, 0.6) is 0 Å². The molecule has 26 heavy (non-hydrogen) atoms. The zero-order valence-electron chi connectivity index (χ0n) is 13.9. The minimum absolute atomic E-state index is 0.0212. The van der Waals surface area contributed by atoms with Gasteiger partial charge in [-0.3, -0.25) is 4.79 Å². The maximum atomic E-state index is 13.6. The van der Waals surface area contributed by atoms with Crippen LogP contribution in [0.2, 0.25) is 0 Å². The Morgan fingerprint density at radius 1 is 1.27 bits per heavy atom. The maximum absolute atomic E-state index is 13.6. The Hall–Kier alpha value is -2.93. The van der Waals surface area contributed by atoms with Gasteiger partial charge in [0.25, 0.3) is 0 Å². The van der Waals surface area contributed by atoms with E-state index in [4.69, 9.17) is 4.74 Å². The molecule has 0 saturated heterocycles. The minimum Gasteiger partial charge on any atom is -0.465 e. The van der Waals surface area contributed by atoms with Crippen LogP contribution >= 0.6 is 11.3 Å². The lowest BCUT2D eigenvalue weighted by molar-refractivity contribution is 0.0605. The number of carbonyl (C=O) groups excluding carboxylic acids is 2. The summed E-state index contributed by atoms with van der Waals surface area (Å²) in [7, 11) is 1.30. The molecule has 0 unspecified atom stereocenters. The normalized spacial score (nSPS) is 11.2. The molecule has 4 nitrogen and oxygen atoms in total. The number of esters is 1. The summed E-state index contributed by atoms with van der Waals surface area (Å²) in [6.07, 6.45) is 3.75. The van der Waals surface area contributed by atoms with Crippen LogP contribution in [0, 0.1) is 18.6 Å². The number of aryl methyl sites for hydroxylation is 1. The Kier molecular flexibility index (Phi) is 4.90. The molecule has 3 rings (SSSR count). The molecule has 0 saturated carbocycles. The van der Waals surface area contributed by atoms with Gasteiger partial charge in [0.15, 0.2) is 17.4 Å². The van der Waals surface area contributed by atoms with Crippen LogP contribution < -0.4 is 0 Å². The molecule has 0 N–H and O–H groups in total. The molecule has 0 radical (unpaired) electrons. The molecular weight excluding hydrogens is 360 g/mol. The largest absolute Gasteiger partial charge is 0.465 e. The third kappa shape index (κ3) is 3.25. The molecule has 0 atom stereocenters. The predicted molar refractivity (Wildman–Crippen MR) is 95.4 cm³/mol. The van der Waals surface area contributed by atoms with Crippen molar-refractivity contribution in [3.05, 3.63) is 69.7 Å². The number of ketones is 1. The smallest absolute Gasteiger partial charge is 0.348 e. The fourth-order valence-corrected chi connectivity index (χ4v) is 3.48. The van der Waals surface area contributed by atoms with Gasteiger partial charge in [-0.2, -0.15) is 0 Å². The monoisotopic (exact) mass is 373 g/mol. The topological polar surface area (TPSA) is 56.3 Å². The van der Waals surface area contributed by atoms with Crippen molar-refractivity contribution in [2.75, 3.05) is 7.11 Å². The van der Waals surface area contributed by atoms with Crippen LogP contribution in [0.3, 0.4) is 0 Å². The summed E-state index contributed by atoms with van der Waals surface area (Å²) in [4.78, 5) is 29.3. The Bertz CT molecular complexity index is 1060. The second-order valence-corrected chi connectivity index (χ2v) is 6.46. The summed E-state index contributed by atoms with van der Waals surface area (Å²) in [6, 6.07) is 5.36. The number of thiophene rings is 1. The number of fused-ring (bicyclic) bond motifs is 1. The quantitative estimate of drug-likeness (QED) is 0.382. The second-order valence-electron chi connectivity index (χ2n) is 5.47. The molecule has 0 fully saturated rings. The van der Waals surface area contributed by atoms with Crippen LogP contribution in [-0.4, -0.2) is 23.8 Å². The highest BCUT2D eigenvalue weighted by atomic mass is 32.1. The van der Waals surface area contributed by atoms with Gasteiger partial charge in [0.1, 0.15) is 9.71 Å². The van der Waals surface area contributed by atoms with Crippen molar-refractivity contribution in [3.8, 4) is 0 Å². The number of nitrogens with zero attached hydrogens (tertiary/aromatic N) is 1. The average molecular weight is 373 g/mol. The molecule has 7 heteroatoms. The number of aromatic nitrogens is 1. The highest BCUT2D eigenvalue weighted by Crippen LogP contribution is 2.30. The number of allylic oxidation sites excluding steroid dienone is 1. The van der Waals surface area contributed by atoms with Gasteiger partial charge >= 0.3 is 5.97 Å². The van der Waals surface area contributed by atoms with Crippen molar-refractivity contribution in [2.24, 2.45) is 0 Å². The fourth-order valence-electron chi connectivity index (χ4n) is 2.43. The maximum Gasteiger partial charge on any atom is 0.348 e. The first-order valence-corrected chi connectivity index (χ1v) is 8.38. The third-order valence-electron chi connectivity index (χ3n) is 3.85. The van der Waals surface area contributed by atoms with Crippen LogP contribution in [0.4, 0.5) is 8.78 Å². The van der Waals surface area contributed by atoms with Gasteiger partial charge in [-0.15, -0.1) is 11.3 Å². The zero-order valence-corrected chi connectivity index (χ0v) is 14.7. The summed E-state index contributed by atoms with van der Waals surface area (Å²) in [5.41, 5.74) is 0.939. The standard InChI is InChI=1S/C19H13F2NO3S/c1-10-13-8-12(9-22-18(13)26-17(10)19(24)25-2)15(23)7-6-11-4-3-5-14(20)16(11)21/h3-9H,1-2H3. The van der Waals surface area contributed by atoms with E-state index in [2.05, 4.69) is 4.98 Å². The van der Waals surface area contributed by atoms with Crippen molar-refractivity contribution in [1.29, 1.82) is 0 Å². The first kappa shape index (κ1) is 17.9. The van der Waals surface area contributed by atoms with E-state index in [1.165, 1.54) is 42.9 Å². The minimum atomic E-state index is -1.01. The number of benzene rings is 1. The number of hydrogen-bond acceptors (Lipinski definition) is 5. The van der Waals surface area contributed by atoms with Crippen molar-refractivity contribution >= 4 is 39.4 Å². The van der Waals surface area contributed by atoms with E-state index in [9.17, 15) is 18.4 Å². The van der Waals surface area contributed by atoms with Crippen molar-refractivity contribution in [1.82, 2.24) is 4.98 Å². The first-order chi connectivity index (χ1) is 12.4. The van der Waals surface area contributed by atoms with Crippen LogP contribution in [0.15, 0.2) is 36.5 Å². The van der Waals surface area contributed by atoms with Gasteiger partial charge in [-0.05, 0) is 36.8 Å². The summed E-state index contributed by atoms with van der Waals surface area (Å²) >= 11 is 1.18. The SMILES string of the molecule is COC(=O)c1sc2ncc(C(=O)C=Cc3cccc(F)c3F)cc2c1C. The lowest BCUT2D eigenvalue weighted by Crippen LogP contribution is -1.99. The molecule has 0 aliphatic heterocycles. The van der Waals surface area contributed by atoms with Gasteiger partial charge in [-0.25, -0.2) is 18.6 Å². The predicted octanol–water partition coefficient (Wildman–Crippen LogP) is 4.57. The molecule has 0 aliphatic rings. The summed E-state index contributed by atoms with van der Waals surface area (Å²) in [5.74, 6) is -2.86. The highest BCUT2D eigenvalue weighted by molar-refractivity contribution is 7.20. The number of halogens is 2. The lowest BCUT2D eigenvalue weighted by Gasteiger charge is -1.99. The van der Waals surface area contributed by atoms with Gasteiger partial charge in [0.05, 0.1) is 7.11 Å². The number of hydrogen-bond donors (Lipinski definition) is 0. The second kappa shape index (κ2) is 7.13. The van der Waals surface area contributed by atoms with E-state index < -0.39 is 23.4 Å². The summed E-state index contributed by atoms with van der Waals surface area (Å²) in [5, 5.41) is 0.673. The van der Waals surface area contributed by atoms with Gasteiger partial charge < -0.3 is 4.74 Å². The zero-order chi connectivity index (χ0) is 18.8. The van der Waals surface area contributed by atoms with Crippen molar-refractivity contribution in [3.63, 3.8) is 0 Å². The molecule has 1 aromatic carbocycles. The summed E-state index contributed by atoms with van der Waals surface area (Å²) < 4.78 is 31.6. The van der Waals surface area contributed by atoms with E-state index in [1.807, 2.05) is 0 Å². The van der Waals surface area contributed by atoms with E-state index in [0.717, 1.165) is 12.1 Å². The number of methoxy groups -OCH3 is 1. The van der Waals surface area contributed by atoms with Crippen molar-refractivity contribution < 1.29 is 23.1 Å². The van der Waals surface area contributed by atoms with E-state index in [1.54, 1.807) is 13.0 Å². The molecule has 2 heterocycles. The first-order valence-electron chi connectivity index (χ1n) is 7.56. The number of ether oxygens (including phenoxy) is 1. The average Bonchev–Trinajstić information content (AvgIpc) is 2.98. The van der Waals surface area contributed by atoms with Gasteiger partial charge in [0, 0.05) is 22.7 Å². The Morgan fingerprint density at radius 3 is 2.77 bits per heavy atom. The van der Waals surface area contributed by atoms with Crippen LogP contribution in [-0.2, 0) is 4.74 Å². The lowest BCUT2D eigenvalue weighted by atomic mass is 10.1. The molecule has 0 bridgehead atoms. The van der Waals surface area contributed by atoms with Crippen LogP contribution in [0.1, 0.15) is 31.2 Å². The number of rotatable bonds is 4. The molecule has 132 valence electrons. The fraction of sp³-hybridized carbons (Fsp3) is 0.105. The Labute approximate surface area is 151 Å². The Morgan fingerprint density at radius 2 is 2.04 bits per heavy atom. The van der Waals surface area contributed by atoms with E-state index >= 15 is 0 Å². The number of carbonyl (C=O) groups is 2. The van der Waals surface area contributed by atoms with Crippen LogP contribution in [0.25, 0.3) is 16.3 Å². The molecule has 0 spiro atoms. The highest BCUT2D eigenvalue weighted by Gasteiger charge is 2.17. The molecule has 2 aromatic heterocycles. The number of pyridine rings is 1. The Balaban J connectivity index is 1.93. The molecule has 3 aromatic rings. The van der Waals surface area contributed by atoms with E-state index in [0.29, 0.717) is 20.7 Å². The molecule has 0 amide bonds. The van der Waals surface area contributed by atoms with E-state index in [-0.39, 0.29) is 11.1 Å². The van der Waals surface area contributed by atoms with Gasteiger partial charge in [0.2, 0.25) is 0 Å². The van der Waals surface area contributed by atoms with Crippen molar-refractivity contribution in [2.45, 2.75) is 6.92 Å². The third-order valence-corrected chi connectivity index (χ3v) is 5.04. The molecular formula is C19H13F2NO3S. The van der Waals surface area contributed by atoms with Gasteiger partial charge in [-0.1, -0.05) is 12.1 Å².